The summed E-state index contributed by atoms with van der Waals surface area (Å²) in [5, 5.41) is 5.19. The van der Waals surface area contributed by atoms with E-state index in [0.717, 1.165) is 30.0 Å². The van der Waals surface area contributed by atoms with Gasteiger partial charge in [-0.3, -0.25) is 9.69 Å². The number of likely N-dealkylation sites (tertiary alicyclic amines) is 1. The molecule has 1 fully saturated rings. The number of amides is 1. The second-order valence-corrected chi connectivity index (χ2v) is 7.92. The Kier molecular flexibility index (Phi) is 6.69. The van der Waals surface area contributed by atoms with Crippen LogP contribution in [-0.2, 0) is 4.79 Å². The molecule has 0 saturated carbocycles. The molecule has 1 aliphatic rings. The van der Waals surface area contributed by atoms with Crippen LogP contribution in [0.15, 0.2) is 35.7 Å². The van der Waals surface area contributed by atoms with Crippen LogP contribution in [0, 0.1) is 13.8 Å². The van der Waals surface area contributed by atoms with Crippen molar-refractivity contribution in [1.82, 2.24) is 10.2 Å². The Morgan fingerprint density at radius 2 is 1.88 bits per heavy atom. The Labute approximate surface area is 160 Å². The molecule has 2 heterocycles. The highest BCUT2D eigenvalue weighted by molar-refractivity contribution is 7.10. The summed E-state index contributed by atoms with van der Waals surface area (Å²) in [4.78, 5) is 16.2. The molecule has 140 valence electrons. The zero-order valence-corrected chi connectivity index (χ0v) is 16.5. The minimum atomic E-state index is -0.0637. The lowest BCUT2D eigenvalue weighted by Crippen LogP contribution is -2.41. The third kappa shape index (κ3) is 4.86. The van der Waals surface area contributed by atoms with Crippen molar-refractivity contribution in [3.63, 3.8) is 0 Å². The van der Waals surface area contributed by atoms with Crippen LogP contribution in [0.1, 0.15) is 41.3 Å². The standard InChI is InChI=1S/C21H28N2O2S/c1-16-8-6-9-17(2)21(16)25-15-20(24)22-14-18(19-10-7-13-26-19)23-11-4-3-5-12-23/h6-10,13,18H,3-5,11-12,14-15H2,1-2H3,(H,22,24)/t18-/m1/s1. The topological polar surface area (TPSA) is 41.6 Å². The summed E-state index contributed by atoms with van der Waals surface area (Å²) < 4.78 is 5.77. The fraction of sp³-hybridized carbons (Fsp3) is 0.476. The first-order valence-corrected chi connectivity index (χ1v) is 10.3. The maximum absolute atomic E-state index is 12.3. The van der Waals surface area contributed by atoms with E-state index in [0.29, 0.717) is 6.54 Å². The van der Waals surface area contributed by atoms with Gasteiger partial charge in [0.05, 0.1) is 6.04 Å². The smallest absolute Gasteiger partial charge is 0.258 e. The van der Waals surface area contributed by atoms with Gasteiger partial charge in [-0.2, -0.15) is 0 Å². The molecule has 0 radical (unpaired) electrons. The molecule has 0 spiro atoms. The van der Waals surface area contributed by atoms with Gasteiger partial charge in [-0.05, 0) is 62.4 Å². The minimum Gasteiger partial charge on any atom is -0.483 e. The number of hydrogen-bond donors (Lipinski definition) is 1. The summed E-state index contributed by atoms with van der Waals surface area (Å²) >= 11 is 1.77. The average molecular weight is 373 g/mol. The normalized spacial score (nSPS) is 16.2. The fourth-order valence-electron chi connectivity index (χ4n) is 3.55. The third-order valence-electron chi connectivity index (χ3n) is 4.95. The average Bonchev–Trinajstić information content (AvgIpc) is 3.17. The maximum atomic E-state index is 12.3. The van der Waals surface area contributed by atoms with Gasteiger partial charge in [-0.1, -0.05) is 30.7 Å². The zero-order chi connectivity index (χ0) is 18.4. The van der Waals surface area contributed by atoms with Crippen molar-refractivity contribution >= 4 is 17.2 Å². The number of hydrogen-bond acceptors (Lipinski definition) is 4. The molecule has 1 aliphatic heterocycles. The van der Waals surface area contributed by atoms with Crippen molar-refractivity contribution < 1.29 is 9.53 Å². The molecule has 1 aromatic carbocycles. The number of benzene rings is 1. The molecular formula is C21H28N2O2S. The fourth-order valence-corrected chi connectivity index (χ4v) is 4.41. The van der Waals surface area contributed by atoms with Gasteiger partial charge in [0, 0.05) is 11.4 Å². The molecule has 1 N–H and O–H groups in total. The number of carbonyl (C=O) groups excluding carboxylic acids is 1. The van der Waals surface area contributed by atoms with E-state index in [2.05, 4.69) is 27.7 Å². The molecular weight excluding hydrogens is 344 g/mol. The number of nitrogens with zero attached hydrogens (tertiary/aromatic N) is 1. The highest BCUT2D eigenvalue weighted by atomic mass is 32.1. The number of piperidine rings is 1. The van der Waals surface area contributed by atoms with E-state index in [4.69, 9.17) is 4.74 Å². The number of rotatable bonds is 7. The van der Waals surface area contributed by atoms with Gasteiger partial charge in [0.2, 0.25) is 0 Å². The van der Waals surface area contributed by atoms with E-state index >= 15 is 0 Å². The number of para-hydroxylation sites is 1. The molecule has 0 bridgehead atoms. The Balaban J connectivity index is 1.55. The summed E-state index contributed by atoms with van der Waals surface area (Å²) in [6.07, 6.45) is 3.79. The number of thiophene rings is 1. The maximum Gasteiger partial charge on any atom is 0.258 e. The highest BCUT2D eigenvalue weighted by Crippen LogP contribution is 2.27. The minimum absolute atomic E-state index is 0.0584. The van der Waals surface area contributed by atoms with Gasteiger partial charge < -0.3 is 10.1 Å². The zero-order valence-electron chi connectivity index (χ0n) is 15.7. The molecule has 1 saturated heterocycles. The SMILES string of the molecule is Cc1cccc(C)c1OCC(=O)NC[C@H](c1cccs1)N1CCCCC1. The van der Waals surface area contributed by atoms with Crippen LogP contribution in [0.5, 0.6) is 5.75 Å². The van der Waals surface area contributed by atoms with Crippen LogP contribution < -0.4 is 10.1 Å². The molecule has 4 nitrogen and oxygen atoms in total. The quantitative estimate of drug-likeness (QED) is 0.796. The van der Waals surface area contributed by atoms with Crippen LogP contribution >= 0.6 is 11.3 Å². The molecule has 1 atom stereocenters. The lowest BCUT2D eigenvalue weighted by atomic mass is 10.1. The summed E-state index contributed by atoms with van der Waals surface area (Å²) in [6.45, 7) is 6.92. The number of ether oxygens (including phenoxy) is 1. The van der Waals surface area contributed by atoms with E-state index in [9.17, 15) is 4.79 Å². The number of aryl methyl sites for hydroxylation is 2. The molecule has 1 aromatic heterocycles. The largest absolute Gasteiger partial charge is 0.483 e. The van der Waals surface area contributed by atoms with Gasteiger partial charge >= 0.3 is 0 Å². The van der Waals surface area contributed by atoms with Crippen molar-refractivity contribution in [3.05, 3.63) is 51.7 Å². The van der Waals surface area contributed by atoms with Crippen LogP contribution in [0.2, 0.25) is 0 Å². The molecule has 26 heavy (non-hydrogen) atoms. The van der Waals surface area contributed by atoms with E-state index in [1.54, 1.807) is 11.3 Å². The summed E-state index contributed by atoms with van der Waals surface area (Å²) in [5.41, 5.74) is 2.12. The predicted octanol–water partition coefficient (Wildman–Crippen LogP) is 4.09. The van der Waals surface area contributed by atoms with Crippen molar-refractivity contribution in [2.75, 3.05) is 26.2 Å². The highest BCUT2D eigenvalue weighted by Gasteiger charge is 2.23. The first-order valence-electron chi connectivity index (χ1n) is 9.38. The second-order valence-electron chi connectivity index (χ2n) is 6.94. The van der Waals surface area contributed by atoms with Crippen LogP contribution in [0.25, 0.3) is 0 Å². The van der Waals surface area contributed by atoms with E-state index in [1.807, 2.05) is 32.0 Å². The Morgan fingerprint density at radius 1 is 1.15 bits per heavy atom. The molecule has 0 unspecified atom stereocenters. The monoisotopic (exact) mass is 372 g/mol. The van der Waals surface area contributed by atoms with E-state index in [-0.39, 0.29) is 18.6 Å². The summed E-state index contributed by atoms with van der Waals surface area (Å²) in [7, 11) is 0. The van der Waals surface area contributed by atoms with Gasteiger partial charge in [-0.25, -0.2) is 0 Å². The number of carbonyl (C=O) groups is 1. The molecule has 0 aliphatic carbocycles. The predicted molar refractivity (Wildman–Crippen MR) is 107 cm³/mol. The van der Waals surface area contributed by atoms with Crippen molar-refractivity contribution in [1.29, 1.82) is 0 Å². The Morgan fingerprint density at radius 3 is 2.54 bits per heavy atom. The van der Waals surface area contributed by atoms with Crippen LogP contribution in [0.3, 0.4) is 0 Å². The molecule has 2 aromatic rings. The molecule has 5 heteroatoms. The molecule has 3 rings (SSSR count). The second kappa shape index (κ2) is 9.19. The van der Waals surface area contributed by atoms with Gasteiger partial charge in [0.15, 0.2) is 6.61 Å². The summed E-state index contributed by atoms with van der Waals surface area (Å²) in [6, 6.07) is 10.5. The first-order chi connectivity index (χ1) is 12.6. The van der Waals surface area contributed by atoms with Crippen molar-refractivity contribution in [3.8, 4) is 5.75 Å². The Hall–Kier alpha value is -1.85. The lowest BCUT2D eigenvalue weighted by molar-refractivity contribution is -0.123. The Bertz CT molecular complexity index is 689. The van der Waals surface area contributed by atoms with Gasteiger partial charge in [0.1, 0.15) is 5.75 Å². The molecule has 1 amide bonds. The van der Waals surface area contributed by atoms with Gasteiger partial charge in [0.25, 0.3) is 5.91 Å². The van der Waals surface area contributed by atoms with Crippen molar-refractivity contribution in [2.45, 2.75) is 39.2 Å². The van der Waals surface area contributed by atoms with Crippen LogP contribution in [-0.4, -0.2) is 37.0 Å². The third-order valence-corrected chi connectivity index (χ3v) is 5.93. The van der Waals surface area contributed by atoms with E-state index in [1.165, 1.54) is 24.1 Å². The first kappa shape index (κ1) is 18.9. The van der Waals surface area contributed by atoms with E-state index < -0.39 is 0 Å². The van der Waals surface area contributed by atoms with Gasteiger partial charge in [-0.15, -0.1) is 11.3 Å². The van der Waals surface area contributed by atoms with Crippen LogP contribution in [0.4, 0.5) is 0 Å². The summed E-state index contributed by atoms with van der Waals surface area (Å²) in [5.74, 6) is 0.750. The van der Waals surface area contributed by atoms with Crippen molar-refractivity contribution in [2.24, 2.45) is 0 Å². The lowest BCUT2D eigenvalue weighted by Gasteiger charge is -2.34. The number of nitrogens with one attached hydrogen (secondary N) is 1.